The molecule has 0 bridgehead atoms. The van der Waals surface area contributed by atoms with Gasteiger partial charge in [-0.3, -0.25) is 9.59 Å². The summed E-state index contributed by atoms with van der Waals surface area (Å²) < 4.78 is 29.7. The third kappa shape index (κ3) is 4.64. The van der Waals surface area contributed by atoms with E-state index in [1.807, 2.05) is 6.92 Å². The molecule has 7 heteroatoms. The third-order valence-electron chi connectivity index (χ3n) is 4.88. The molecule has 0 N–H and O–H groups in total. The van der Waals surface area contributed by atoms with Gasteiger partial charge in [-0.1, -0.05) is 19.4 Å². The fraction of sp³-hybridized carbons (Fsp3) is 0.810. The van der Waals surface area contributed by atoms with Crippen molar-refractivity contribution in [3.05, 3.63) is 12.7 Å². The molecule has 0 spiro atoms. The lowest BCUT2D eigenvalue weighted by Gasteiger charge is -2.38. The van der Waals surface area contributed by atoms with Gasteiger partial charge < -0.3 is 23.7 Å². The predicted octanol–water partition coefficient (Wildman–Crippen LogP) is 3.15. The van der Waals surface area contributed by atoms with Crippen molar-refractivity contribution in [1.82, 2.24) is 0 Å². The van der Waals surface area contributed by atoms with Crippen LogP contribution in [0.15, 0.2) is 12.7 Å². The summed E-state index contributed by atoms with van der Waals surface area (Å²) in [5.74, 6) is -1.29. The average molecular weight is 398 g/mol. The molecule has 2 rings (SSSR count). The van der Waals surface area contributed by atoms with E-state index in [0.717, 1.165) is 12.8 Å². The topological polar surface area (TPSA) is 80.3 Å². The second-order valence-electron chi connectivity index (χ2n) is 8.87. The molecule has 2 aliphatic rings. The molecule has 0 aliphatic carbocycles. The Morgan fingerprint density at radius 1 is 1.25 bits per heavy atom. The van der Waals surface area contributed by atoms with Crippen LogP contribution in [0.3, 0.4) is 0 Å². The minimum absolute atomic E-state index is 0.233. The largest absolute Gasteiger partial charge is 0.458 e. The molecule has 28 heavy (non-hydrogen) atoms. The van der Waals surface area contributed by atoms with E-state index >= 15 is 0 Å². The maximum absolute atomic E-state index is 12.6. The Kier molecular flexibility index (Phi) is 7.08. The van der Waals surface area contributed by atoms with Crippen LogP contribution >= 0.6 is 0 Å². The van der Waals surface area contributed by atoms with Crippen LogP contribution in [-0.2, 0) is 33.3 Å². The van der Waals surface area contributed by atoms with Gasteiger partial charge in [-0.2, -0.15) is 0 Å². The first-order valence-electron chi connectivity index (χ1n) is 9.94. The molecule has 7 nitrogen and oxygen atoms in total. The zero-order valence-electron chi connectivity index (χ0n) is 17.9. The summed E-state index contributed by atoms with van der Waals surface area (Å²) in [6.45, 7) is 15.0. The lowest BCUT2D eigenvalue weighted by molar-refractivity contribution is -0.256. The number of carbonyl (C=O) groups excluding carboxylic acids is 2. The maximum Gasteiger partial charge on any atom is 0.311 e. The Hall–Kier alpha value is -1.28. The zero-order chi connectivity index (χ0) is 21.2. The Balaban J connectivity index is 2.36. The van der Waals surface area contributed by atoms with Crippen molar-refractivity contribution in [3.63, 3.8) is 0 Å². The van der Waals surface area contributed by atoms with E-state index in [4.69, 9.17) is 23.7 Å². The molecule has 0 aromatic rings. The zero-order valence-corrected chi connectivity index (χ0v) is 17.9. The van der Waals surface area contributed by atoms with Crippen LogP contribution in [0.4, 0.5) is 0 Å². The summed E-state index contributed by atoms with van der Waals surface area (Å²) in [7, 11) is 0. The maximum atomic E-state index is 12.6. The number of aldehydes is 1. The summed E-state index contributed by atoms with van der Waals surface area (Å²) in [6.07, 6.45) is 1.20. The van der Waals surface area contributed by atoms with Gasteiger partial charge in [-0.15, -0.1) is 6.58 Å². The molecule has 2 saturated heterocycles. The molecular formula is C21H34O7. The first-order valence-corrected chi connectivity index (χ1v) is 9.94. The molecule has 0 aromatic carbocycles. The van der Waals surface area contributed by atoms with Crippen LogP contribution in [0.25, 0.3) is 0 Å². The molecule has 0 amide bonds. The highest BCUT2D eigenvalue weighted by molar-refractivity contribution is 5.76. The van der Waals surface area contributed by atoms with Crippen LogP contribution in [0.2, 0.25) is 0 Å². The molecule has 5 atom stereocenters. The van der Waals surface area contributed by atoms with Gasteiger partial charge in [-0.25, -0.2) is 0 Å². The van der Waals surface area contributed by atoms with Crippen LogP contribution < -0.4 is 0 Å². The van der Waals surface area contributed by atoms with Crippen molar-refractivity contribution in [2.75, 3.05) is 6.61 Å². The van der Waals surface area contributed by atoms with Crippen LogP contribution in [0.5, 0.6) is 0 Å². The van der Waals surface area contributed by atoms with E-state index in [9.17, 15) is 9.59 Å². The summed E-state index contributed by atoms with van der Waals surface area (Å²) in [4.78, 5) is 24.9. The first-order chi connectivity index (χ1) is 13.0. The van der Waals surface area contributed by atoms with Crippen LogP contribution in [0, 0.1) is 5.41 Å². The van der Waals surface area contributed by atoms with Crippen molar-refractivity contribution in [2.24, 2.45) is 5.41 Å². The highest BCUT2D eigenvalue weighted by atomic mass is 16.8. The Labute approximate surface area is 167 Å². The van der Waals surface area contributed by atoms with Crippen molar-refractivity contribution in [1.29, 1.82) is 0 Å². The van der Waals surface area contributed by atoms with Crippen LogP contribution in [0.1, 0.15) is 60.8 Å². The number of hydrogen-bond acceptors (Lipinski definition) is 7. The summed E-state index contributed by atoms with van der Waals surface area (Å²) in [6, 6.07) is 0. The van der Waals surface area contributed by atoms with Gasteiger partial charge in [0.1, 0.15) is 18.3 Å². The van der Waals surface area contributed by atoms with Crippen LogP contribution in [-0.4, -0.2) is 54.9 Å². The van der Waals surface area contributed by atoms with Gasteiger partial charge in [0.05, 0.1) is 5.41 Å². The molecule has 2 aliphatic heterocycles. The van der Waals surface area contributed by atoms with E-state index in [2.05, 4.69) is 6.58 Å². The number of hydrogen-bond donors (Lipinski definition) is 0. The average Bonchev–Trinajstić information content (AvgIpc) is 3.03. The van der Waals surface area contributed by atoms with Crippen molar-refractivity contribution in [2.45, 2.75) is 96.8 Å². The predicted molar refractivity (Wildman–Crippen MR) is 103 cm³/mol. The van der Waals surface area contributed by atoms with Gasteiger partial charge in [0.15, 0.2) is 24.0 Å². The van der Waals surface area contributed by atoms with Crippen molar-refractivity contribution >= 4 is 12.3 Å². The van der Waals surface area contributed by atoms with Gasteiger partial charge in [-0.05, 0) is 41.0 Å². The number of ether oxygens (including phenoxy) is 5. The Morgan fingerprint density at radius 2 is 1.93 bits per heavy atom. The summed E-state index contributed by atoms with van der Waals surface area (Å²) in [5.41, 5.74) is -2.26. The Morgan fingerprint density at radius 3 is 2.46 bits per heavy atom. The number of esters is 1. The van der Waals surface area contributed by atoms with Gasteiger partial charge in [0, 0.05) is 13.0 Å². The standard InChI is InChI=1S/C21H34O7/c1-8-10-12-24-16-15-17(27-20(6,7)26-15)28-21(16,13-22)14(11-9-2)25-18(23)19(3,4)5/h9,13-17H,2,8,10-12H2,1,3-7H3/t14-,15?,16+,17?,21+/m0/s1. The third-order valence-corrected chi connectivity index (χ3v) is 4.88. The lowest BCUT2D eigenvalue weighted by Crippen LogP contribution is -2.57. The summed E-state index contributed by atoms with van der Waals surface area (Å²) in [5, 5.41) is 0. The monoisotopic (exact) mass is 398 g/mol. The highest BCUT2D eigenvalue weighted by Gasteiger charge is 2.66. The minimum Gasteiger partial charge on any atom is -0.458 e. The number of rotatable bonds is 9. The summed E-state index contributed by atoms with van der Waals surface area (Å²) >= 11 is 0. The van der Waals surface area contributed by atoms with E-state index in [1.165, 1.54) is 0 Å². The number of unbranched alkanes of at least 4 members (excludes halogenated alkanes) is 1. The van der Waals surface area contributed by atoms with Gasteiger partial charge in [0.2, 0.25) is 0 Å². The molecule has 160 valence electrons. The SMILES string of the molecule is C=CC[C@H](OC(=O)C(C)(C)C)[C@@]1(C=O)OC2OC(C)(C)OC2[C@H]1OCCCC. The second-order valence-corrected chi connectivity index (χ2v) is 8.87. The van der Waals surface area contributed by atoms with Gasteiger partial charge in [0.25, 0.3) is 0 Å². The van der Waals surface area contributed by atoms with E-state index in [-0.39, 0.29) is 6.42 Å². The number of carbonyl (C=O) groups is 2. The quantitative estimate of drug-likeness (QED) is 0.255. The highest BCUT2D eigenvalue weighted by Crippen LogP contribution is 2.46. The molecule has 2 heterocycles. The second kappa shape index (κ2) is 8.61. The smallest absolute Gasteiger partial charge is 0.311 e. The fourth-order valence-corrected chi connectivity index (χ4v) is 3.37. The van der Waals surface area contributed by atoms with Crippen molar-refractivity contribution in [3.8, 4) is 0 Å². The number of fused-ring (bicyclic) bond motifs is 1. The normalized spacial score (nSPS) is 32.6. The van der Waals surface area contributed by atoms with Gasteiger partial charge >= 0.3 is 5.97 Å². The molecule has 0 aromatic heterocycles. The Bertz CT molecular complexity index is 580. The molecule has 0 radical (unpaired) electrons. The van der Waals surface area contributed by atoms with E-state index < -0.39 is 47.4 Å². The van der Waals surface area contributed by atoms with E-state index in [0.29, 0.717) is 12.9 Å². The molecule has 2 fully saturated rings. The molecule has 2 unspecified atom stereocenters. The van der Waals surface area contributed by atoms with Crippen molar-refractivity contribution < 1.29 is 33.3 Å². The molecule has 0 saturated carbocycles. The minimum atomic E-state index is -1.53. The van der Waals surface area contributed by atoms with E-state index in [1.54, 1.807) is 40.7 Å². The first kappa shape index (κ1) is 23.0. The fourth-order valence-electron chi connectivity index (χ4n) is 3.37. The molecular weight excluding hydrogens is 364 g/mol. The lowest BCUT2D eigenvalue weighted by atomic mass is 9.87.